The summed E-state index contributed by atoms with van der Waals surface area (Å²) in [5.41, 5.74) is -0.843. The molecule has 1 aliphatic rings. The minimum absolute atomic E-state index is 0.0762. The molecule has 0 aromatic heterocycles. The Hall–Kier alpha value is -1.26. The van der Waals surface area contributed by atoms with Crippen molar-refractivity contribution in [2.24, 2.45) is 11.8 Å². The second-order valence-corrected chi connectivity index (χ2v) is 7.61. The topological polar surface area (TPSA) is 74.6 Å². The van der Waals surface area contributed by atoms with Gasteiger partial charge in [0.25, 0.3) is 0 Å². The number of aliphatic hydroxyl groups excluding tert-OH is 1. The Bertz CT molecular complexity index is 483. The van der Waals surface area contributed by atoms with E-state index >= 15 is 0 Å². The van der Waals surface area contributed by atoms with Gasteiger partial charge in [-0.2, -0.15) is 0 Å². The molecule has 0 bridgehead atoms. The Labute approximate surface area is 158 Å². The highest BCUT2D eigenvalue weighted by Crippen LogP contribution is 2.34. The largest absolute Gasteiger partial charge is 0.389 e. The van der Waals surface area contributed by atoms with Crippen molar-refractivity contribution in [1.29, 1.82) is 0 Å². The first-order chi connectivity index (χ1) is 12.5. The number of allylic oxidation sites excluding steroid dienone is 1. The summed E-state index contributed by atoms with van der Waals surface area (Å²) in [7, 11) is 0. The maximum absolute atomic E-state index is 12.2. The van der Waals surface area contributed by atoms with E-state index in [-0.39, 0.29) is 24.2 Å². The summed E-state index contributed by atoms with van der Waals surface area (Å²) in [5, 5.41) is 19.2. The van der Waals surface area contributed by atoms with Crippen molar-refractivity contribution in [1.82, 2.24) is 0 Å². The van der Waals surface area contributed by atoms with Crippen molar-refractivity contribution in [3.05, 3.63) is 24.8 Å². The molecule has 0 aliphatic heterocycles. The standard InChI is InChI=1S/C22H36O4/c1-3-5-15-22(26,4-2)16-9-10-18-13-14-21(25)20(18)12-8-6-7-11-19(24)17-23/h4,9-10,18,20,23,26H,2-3,5-8,11-17H2,1H3/t18-,20+,22?/m0/s1. The second kappa shape index (κ2) is 12.2. The fourth-order valence-corrected chi connectivity index (χ4v) is 3.70. The van der Waals surface area contributed by atoms with Crippen LogP contribution in [-0.2, 0) is 9.59 Å². The smallest absolute Gasteiger partial charge is 0.158 e. The molecule has 148 valence electrons. The summed E-state index contributed by atoms with van der Waals surface area (Å²) in [6.45, 7) is 5.50. The Balaban J connectivity index is 2.43. The first-order valence-corrected chi connectivity index (χ1v) is 10.1. The van der Waals surface area contributed by atoms with Crippen LogP contribution in [0.25, 0.3) is 0 Å². The molecular weight excluding hydrogens is 328 g/mol. The fourth-order valence-electron chi connectivity index (χ4n) is 3.70. The van der Waals surface area contributed by atoms with Crippen LogP contribution in [0.2, 0.25) is 0 Å². The van der Waals surface area contributed by atoms with Crippen LogP contribution >= 0.6 is 0 Å². The van der Waals surface area contributed by atoms with Crippen LogP contribution in [0.3, 0.4) is 0 Å². The van der Waals surface area contributed by atoms with Crippen molar-refractivity contribution in [3.63, 3.8) is 0 Å². The molecule has 1 rings (SSSR count). The van der Waals surface area contributed by atoms with E-state index < -0.39 is 5.60 Å². The highest BCUT2D eigenvalue weighted by molar-refractivity contribution is 5.83. The van der Waals surface area contributed by atoms with Gasteiger partial charge in [0, 0.05) is 18.8 Å². The molecule has 0 radical (unpaired) electrons. The molecule has 0 heterocycles. The molecule has 0 aromatic carbocycles. The molecule has 3 atom stereocenters. The Morgan fingerprint density at radius 2 is 2.08 bits per heavy atom. The van der Waals surface area contributed by atoms with Gasteiger partial charge in [0.05, 0.1) is 5.60 Å². The zero-order valence-corrected chi connectivity index (χ0v) is 16.3. The molecule has 4 heteroatoms. The Kier molecular flexibility index (Phi) is 10.7. The van der Waals surface area contributed by atoms with Gasteiger partial charge < -0.3 is 10.2 Å². The molecule has 1 aliphatic carbocycles. The summed E-state index contributed by atoms with van der Waals surface area (Å²) in [4.78, 5) is 23.3. The molecule has 4 nitrogen and oxygen atoms in total. The van der Waals surface area contributed by atoms with Gasteiger partial charge in [-0.05, 0) is 38.0 Å². The summed E-state index contributed by atoms with van der Waals surface area (Å²) in [5.74, 6) is 0.575. The second-order valence-electron chi connectivity index (χ2n) is 7.61. The number of carbonyl (C=O) groups is 2. The lowest BCUT2D eigenvalue weighted by Gasteiger charge is -2.23. The van der Waals surface area contributed by atoms with Crippen molar-refractivity contribution >= 4 is 11.6 Å². The van der Waals surface area contributed by atoms with Gasteiger partial charge >= 0.3 is 0 Å². The maximum atomic E-state index is 12.2. The monoisotopic (exact) mass is 364 g/mol. The van der Waals surface area contributed by atoms with E-state index in [0.29, 0.717) is 25.0 Å². The predicted molar refractivity (Wildman–Crippen MR) is 105 cm³/mol. The van der Waals surface area contributed by atoms with E-state index in [1.165, 1.54) is 0 Å². The normalized spacial score (nSPS) is 22.7. The molecule has 0 spiro atoms. The summed E-state index contributed by atoms with van der Waals surface area (Å²) in [6.07, 6.45) is 14.5. The number of unbranched alkanes of at least 4 members (excludes halogenated alkanes) is 3. The van der Waals surface area contributed by atoms with Crippen LogP contribution in [0.1, 0.15) is 77.6 Å². The van der Waals surface area contributed by atoms with Crippen LogP contribution in [0.4, 0.5) is 0 Å². The van der Waals surface area contributed by atoms with Crippen LogP contribution < -0.4 is 0 Å². The van der Waals surface area contributed by atoms with Gasteiger partial charge in [-0.3, -0.25) is 9.59 Å². The van der Waals surface area contributed by atoms with Crippen LogP contribution in [0.15, 0.2) is 24.8 Å². The average molecular weight is 365 g/mol. The van der Waals surface area contributed by atoms with Gasteiger partial charge in [0.2, 0.25) is 0 Å². The minimum Gasteiger partial charge on any atom is -0.389 e. The van der Waals surface area contributed by atoms with E-state index in [1.807, 2.05) is 6.08 Å². The van der Waals surface area contributed by atoms with E-state index in [1.54, 1.807) is 6.08 Å². The van der Waals surface area contributed by atoms with Gasteiger partial charge in [0.1, 0.15) is 12.4 Å². The van der Waals surface area contributed by atoms with Crippen LogP contribution in [-0.4, -0.2) is 34.0 Å². The van der Waals surface area contributed by atoms with Gasteiger partial charge in [-0.25, -0.2) is 0 Å². The molecule has 26 heavy (non-hydrogen) atoms. The maximum Gasteiger partial charge on any atom is 0.158 e. The Morgan fingerprint density at radius 3 is 2.73 bits per heavy atom. The SMILES string of the molecule is C=CC(O)(CC=C[C@H]1CCC(=O)[C@@H]1CCCCCC(=O)CO)CCCC. The molecule has 0 saturated heterocycles. The van der Waals surface area contributed by atoms with Gasteiger partial charge in [0.15, 0.2) is 5.78 Å². The Morgan fingerprint density at radius 1 is 1.31 bits per heavy atom. The van der Waals surface area contributed by atoms with Crippen molar-refractivity contribution < 1.29 is 19.8 Å². The lowest BCUT2D eigenvalue weighted by atomic mass is 9.88. The third kappa shape index (κ3) is 7.96. The van der Waals surface area contributed by atoms with Gasteiger partial charge in [-0.1, -0.05) is 50.8 Å². The zero-order valence-electron chi connectivity index (χ0n) is 16.3. The molecule has 1 unspecified atom stereocenters. The molecule has 1 fully saturated rings. The molecule has 1 saturated carbocycles. The molecule has 0 amide bonds. The highest BCUT2D eigenvalue weighted by Gasteiger charge is 2.32. The van der Waals surface area contributed by atoms with E-state index in [9.17, 15) is 14.7 Å². The quantitative estimate of drug-likeness (QED) is 0.359. The third-order valence-electron chi connectivity index (χ3n) is 5.50. The lowest BCUT2D eigenvalue weighted by molar-refractivity contribution is -0.122. The average Bonchev–Trinajstić information content (AvgIpc) is 2.99. The summed E-state index contributed by atoms with van der Waals surface area (Å²) in [6, 6.07) is 0. The van der Waals surface area contributed by atoms with E-state index in [2.05, 4.69) is 19.6 Å². The number of ketones is 2. The summed E-state index contributed by atoms with van der Waals surface area (Å²) >= 11 is 0. The number of carbonyl (C=O) groups excluding carboxylic acids is 2. The van der Waals surface area contributed by atoms with Crippen LogP contribution in [0, 0.1) is 11.8 Å². The zero-order chi connectivity index (χ0) is 19.4. The van der Waals surface area contributed by atoms with E-state index in [4.69, 9.17) is 5.11 Å². The highest BCUT2D eigenvalue weighted by atomic mass is 16.3. The summed E-state index contributed by atoms with van der Waals surface area (Å²) < 4.78 is 0. The lowest BCUT2D eigenvalue weighted by Crippen LogP contribution is -2.24. The van der Waals surface area contributed by atoms with E-state index in [0.717, 1.165) is 51.4 Å². The first-order valence-electron chi connectivity index (χ1n) is 10.1. The number of aliphatic hydroxyl groups is 2. The van der Waals surface area contributed by atoms with Crippen molar-refractivity contribution in [2.75, 3.05) is 6.61 Å². The first kappa shape index (κ1) is 22.8. The molecule has 0 aromatic rings. The van der Waals surface area contributed by atoms with Gasteiger partial charge in [-0.15, -0.1) is 6.58 Å². The number of Topliss-reactive ketones (excluding diaryl/α,β-unsaturated/α-hetero) is 2. The minimum atomic E-state index is -0.843. The number of rotatable bonds is 14. The molecule has 2 N–H and O–H groups in total. The van der Waals surface area contributed by atoms with Crippen molar-refractivity contribution in [3.8, 4) is 0 Å². The van der Waals surface area contributed by atoms with Crippen LogP contribution in [0.5, 0.6) is 0 Å². The van der Waals surface area contributed by atoms with Crippen molar-refractivity contribution in [2.45, 2.75) is 83.2 Å². The molecular formula is C22H36O4. The predicted octanol–water partition coefficient (Wildman–Crippen LogP) is 4.15. The fraction of sp³-hybridized carbons (Fsp3) is 0.727. The third-order valence-corrected chi connectivity index (χ3v) is 5.50. The number of hydrogen-bond acceptors (Lipinski definition) is 4. The number of hydrogen-bond donors (Lipinski definition) is 2.